The van der Waals surface area contributed by atoms with Gasteiger partial charge in [0.1, 0.15) is 0 Å². The van der Waals surface area contributed by atoms with Crippen LogP contribution in [0.15, 0.2) is 24.3 Å². The first-order valence-corrected chi connectivity index (χ1v) is 20.1. The van der Waals surface area contributed by atoms with Crippen LogP contribution in [-0.4, -0.2) is 41.9 Å². The number of allylic oxidation sites excluding steroid dienone is 3. The van der Waals surface area contributed by atoms with Gasteiger partial charge < -0.3 is 10.4 Å². The molecule has 0 aromatic rings. The van der Waals surface area contributed by atoms with Gasteiger partial charge >= 0.3 is 0 Å². The highest BCUT2D eigenvalue weighted by atomic mass is 32.2. The van der Waals surface area contributed by atoms with Gasteiger partial charge in [-0.1, -0.05) is 160 Å². The van der Waals surface area contributed by atoms with Crippen LogP contribution in [-0.2, 0) is 14.9 Å². The molecule has 3 N–H and O–H groups in total. The van der Waals surface area contributed by atoms with Gasteiger partial charge in [0.2, 0.25) is 5.91 Å². The van der Waals surface area contributed by atoms with Crippen molar-refractivity contribution >= 4 is 16.0 Å². The van der Waals surface area contributed by atoms with Crippen molar-refractivity contribution in [3.8, 4) is 0 Å². The first-order chi connectivity index (χ1) is 21.3. The summed E-state index contributed by atoms with van der Waals surface area (Å²) in [6.07, 6.45) is 38.8. The van der Waals surface area contributed by atoms with Gasteiger partial charge in [-0.2, -0.15) is 8.42 Å². The Hall–Kier alpha value is -1.18. The van der Waals surface area contributed by atoms with Crippen molar-refractivity contribution in [2.24, 2.45) is 0 Å². The quantitative estimate of drug-likeness (QED) is 0.0376. The van der Waals surface area contributed by atoms with Crippen molar-refractivity contribution in [3.63, 3.8) is 0 Å². The fraction of sp³-hybridized carbons (Fsp3) is 0.865. The molecule has 0 fully saturated rings. The average Bonchev–Trinajstić information content (AvgIpc) is 2.98. The molecule has 0 aliphatic carbocycles. The predicted molar refractivity (Wildman–Crippen MR) is 189 cm³/mol. The van der Waals surface area contributed by atoms with E-state index < -0.39 is 28.0 Å². The smallest absolute Gasteiger partial charge is 0.267 e. The lowest BCUT2D eigenvalue weighted by Gasteiger charge is -2.21. The first-order valence-electron chi connectivity index (χ1n) is 18.5. The average molecular weight is 642 g/mol. The number of amides is 1. The summed E-state index contributed by atoms with van der Waals surface area (Å²) in [6.45, 7) is 4.48. The van der Waals surface area contributed by atoms with Gasteiger partial charge in [0, 0.05) is 6.42 Å². The Kier molecular flexibility index (Phi) is 30.9. The van der Waals surface area contributed by atoms with Crippen molar-refractivity contribution in [1.29, 1.82) is 0 Å². The number of hydrogen-bond acceptors (Lipinski definition) is 4. The van der Waals surface area contributed by atoms with E-state index in [0.717, 1.165) is 38.5 Å². The second kappa shape index (κ2) is 31.8. The van der Waals surface area contributed by atoms with Crippen LogP contribution >= 0.6 is 0 Å². The molecule has 0 aliphatic rings. The van der Waals surface area contributed by atoms with Crippen molar-refractivity contribution < 1.29 is 22.9 Å². The van der Waals surface area contributed by atoms with Crippen molar-refractivity contribution in [1.82, 2.24) is 5.32 Å². The van der Waals surface area contributed by atoms with E-state index in [-0.39, 0.29) is 5.91 Å². The van der Waals surface area contributed by atoms with E-state index in [1.165, 1.54) is 128 Å². The molecule has 7 heteroatoms. The van der Waals surface area contributed by atoms with Crippen LogP contribution in [0.3, 0.4) is 0 Å². The summed E-state index contributed by atoms with van der Waals surface area (Å²) in [5, 5.41) is 13.1. The third-order valence-corrected chi connectivity index (χ3v) is 9.15. The van der Waals surface area contributed by atoms with Crippen molar-refractivity contribution in [2.45, 2.75) is 199 Å². The number of aliphatic hydroxyl groups is 1. The molecule has 44 heavy (non-hydrogen) atoms. The number of aliphatic hydroxyl groups excluding tert-OH is 1. The standard InChI is InChI=1S/C37H71NO5S/c1-3-5-7-9-11-13-15-16-17-18-19-20-21-22-23-25-27-29-31-33-37(40)38-35(34-44(41,42)43)36(39)32-30-28-26-24-14-12-10-8-6-4-2/h16-17,30,32,35-36,39H,3-15,18-29,31,33-34H2,1-2H3,(H,38,40)(H,41,42,43)/b17-16-,32-30+. The third kappa shape index (κ3) is 32.2. The molecule has 2 unspecified atom stereocenters. The molecular weight excluding hydrogens is 570 g/mol. The molecule has 0 aliphatic heterocycles. The molecule has 6 nitrogen and oxygen atoms in total. The van der Waals surface area contributed by atoms with E-state index in [1.54, 1.807) is 6.08 Å². The second-order valence-electron chi connectivity index (χ2n) is 12.9. The maximum absolute atomic E-state index is 12.4. The van der Waals surface area contributed by atoms with E-state index in [0.29, 0.717) is 6.42 Å². The molecular formula is C37H71NO5S. The maximum atomic E-state index is 12.4. The second-order valence-corrected chi connectivity index (χ2v) is 14.4. The molecule has 260 valence electrons. The van der Waals surface area contributed by atoms with Gasteiger partial charge in [-0.25, -0.2) is 0 Å². The summed E-state index contributed by atoms with van der Waals surface area (Å²) in [6, 6.07) is -1.05. The Morgan fingerprint density at radius 2 is 0.955 bits per heavy atom. The van der Waals surface area contributed by atoms with Crippen molar-refractivity contribution in [3.05, 3.63) is 24.3 Å². The zero-order valence-corrected chi connectivity index (χ0v) is 29.6. The first kappa shape index (κ1) is 42.8. The molecule has 0 saturated heterocycles. The van der Waals surface area contributed by atoms with Crippen LogP contribution in [0, 0.1) is 0 Å². The van der Waals surface area contributed by atoms with Gasteiger partial charge in [0.25, 0.3) is 10.1 Å². The zero-order chi connectivity index (χ0) is 32.6. The number of carbonyl (C=O) groups is 1. The van der Waals surface area contributed by atoms with Crippen LogP contribution in [0.1, 0.15) is 187 Å². The monoisotopic (exact) mass is 642 g/mol. The lowest BCUT2D eigenvalue weighted by atomic mass is 10.0. The molecule has 2 atom stereocenters. The fourth-order valence-corrected chi connectivity index (χ4v) is 6.30. The van der Waals surface area contributed by atoms with E-state index in [1.807, 2.05) is 6.08 Å². The molecule has 1 amide bonds. The maximum Gasteiger partial charge on any atom is 0.267 e. The zero-order valence-electron chi connectivity index (χ0n) is 28.8. The summed E-state index contributed by atoms with van der Waals surface area (Å²) in [7, 11) is -4.33. The minimum Gasteiger partial charge on any atom is -0.387 e. The normalized spacial score (nSPS) is 13.6. The number of nitrogens with one attached hydrogen (secondary N) is 1. The molecule has 0 rings (SSSR count). The van der Waals surface area contributed by atoms with E-state index in [9.17, 15) is 22.9 Å². The lowest BCUT2D eigenvalue weighted by Crippen LogP contribution is -2.46. The van der Waals surface area contributed by atoms with Crippen LogP contribution in [0.2, 0.25) is 0 Å². The summed E-state index contributed by atoms with van der Waals surface area (Å²) in [5.41, 5.74) is 0. The van der Waals surface area contributed by atoms with Gasteiger partial charge in [-0.15, -0.1) is 0 Å². The van der Waals surface area contributed by atoms with Gasteiger partial charge in [-0.05, 0) is 44.9 Å². The van der Waals surface area contributed by atoms with Gasteiger partial charge in [0.05, 0.1) is 17.9 Å². The molecule has 0 saturated carbocycles. The predicted octanol–water partition coefficient (Wildman–Crippen LogP) is 10.4. The molecule has 0 aromatic heterocycles. The minimum absolute atomic E-state index is 0.282. The van der Waals surface area contributed by atoms with Gasteiger partial charge in [0.15, 0.2) is 0 Å². The van der Waals surface area contributed by atoms with E-state index in [4.69, 9.17) is 0 Å². The SMILES string of the molecule is CCCCCCCC/C=C\CCCCCCCCCCCC(=O)NC(CS(=O)(=O)O)C(O)/C=C/CCCCCCCCCC. The van der Waals surface area contributed by atoms with Crippen LogP contribution in [0.25, 0.3) is 0 Å². The van der Waals surface area contributed by atoms with Crippen LogP contribution < -0.4 is 5.32 Å². The third-order valence-electron chi connectivity index (χ3n) is 8.37. The largest absolute Gasteiger partial charge is 0.387 e. The Labute approximate surface area is 273 Å². The van der Waals surface area contributed by atoms with Crippen molar-refractivity contribution in [2.75, 3.05) is 5.75 Å². The Morgan fingerprint density at radius 3 is 1.36 bits per heavy atom. The number of rotatable bonds is 33. The van der Waals surface area contributed by atoms with E-state index in [2.05, 4.69) is 31.3 Å². The Bertz CT molecular complexity index is 796. The molecule has 0 heterocycles. The van der Waals surface area contributed by atoms with Crippen LogP contribution in [0.5, 0.6) is 0 Å². The fourth-order valence-electron chi connectivity index (χ4n) is 5.56. The molecule has 0 radical (unpaired) electrons. The Balaban J connectivity index is 3.90. The summed E-state index contributed by atoms with van der Waals surface area (Å²) in [5.74, 6) is -0.979. The highest BCUT2D eigenvalue weighted by Gasteiger charge is 2.24. The van der Waals surface area contributed by atoms with E-state index >= 15 is 0 Å². The number of carbonyl (C=O) groups excluding carboxylic acids is 1. The summed E-state index contributed by atoms with van der Waals surface area (Å²) in [4.78, 5) is 12.4. The van der Waals surface area contributed by atoms with Gasteiger partial charge in [-0.3, -0.25) is 9.35 Å². The molecule has 0 spiro atoms. The molecule has 0 bridgehead atoms. The number of unbranched alkanes of at least 4 members (excludes halogenated alkanes) is 23. The number of hydrogen-bond donors (Lipinski definition) is 3. The van der Waals surface area contributed by atoms with Crippen LogP contribution in [0.4, 0.5) is 0 Å². The topological polar surface area (TPSA) is 104 Å². The Morgan fingerprint density at radius 1 is 0.591 bits per heavy atom. The summed E-state index contributed by atoms with van der Waals surface area (Å²) >= 11 is 0. The minimum atomic E-state index is -4.33. The highest BCUT2D eigenvalue weighted by molar-refractivity contribution is 7.85. The lowest BCUT2D eigenvalue weighted by molar-refractivity contribution is -0.122. The highest BCUT2D eigenvalue weighted by Crippen LogP contribution is 2.13. The summed E-state index contributed by atoms with van der Waals surface area (Å²) < 4.78 is 32.3. The molecule has 0 aromatic carbocycles.